The average molecular weight is 320 g/mol. The fourth-order valence-corrected chi connectivity index (χ4v) is 3.50. The van der Waals surface area contributed by atoms with Crippen LogP contribution in [0.5, 0.6) is 0 Å². The highest BCUT2D eigenvalue weighted by molar-refractivity contribution is 5.95. The number of carbonyl (C=O) groups excluding carboxylic acids is 1. The molecule has 5 nitrogen and oxygen atoms in total. The third-order valence-electron chi connectivity index (χ3n) is 4.63. The highest BCUT2D eigenvalue weighted by atomic mass is 16.2. The van der Waals surface area contributed by atoms with E-state index in [4.69, 9.17) is 0 Å². The van der Waals surface area contributed by atoms with E-state index >= 15 is 0 Å². The first-order valence-electron chi connectivity index (χ1n) is 8.24. The minimum atomic E-state index is -0.0102. The molecule has 3 heterocycles. The van der Waals surface area contributed by atoms with Gasteiger partial charge in [-0.25, -0.2) is 0 Å². The van der Waals surface area contributed by atoms with E-state index in [0.717, 1.165) is 25.1 Å². The molecule has 0 spiro atoms. The number of nitrogens with zero attached hydrogens (tertiary/aromatic N) is 3. The van der Waals surface area contributed by atoms with Crippen LogP contribution in [0.1, 0.15) is 12.0 Å². The third kappa shape index (κ3) is 2.62. The SMILES string of the molecule is Cn1ccc2c3c(ccc21)N(CC(=O)Nc1cccnc1)CCC3. The van der Waals surface area contributed by atoms with E-state index in [-0.39, 0.29) is 5.91 Å². The molecule has 0 atom stereocenters. The highest BCUT2D eigenvalue weighted by Gasteiger charge is 2.21. The van der Waals surface area contributed by atoms with E-state index in [0.29, 0.717) is 6.54 Å². The second kappa shape index (κ2) is 6.00. The lowest BCUT2D eigenvalue weighted by Gasteiger charge is -2.31. The van der Waals surface area contributed by atoms with Crippen LogP contribution >= 0.6 is 0 Å². The zero-order valence-electron chi connectivity index (χ0n) is 13.7. The topological polar surface area (TPSA) is 50.2 Å². The molecule has 122 valence electrons. The summed E-state index contributed by atoms with van der Waals surface area (Å²) in [5.74, 6) is -0.0102. The zero-order valence-corrected chi connectivity index (χ0v) is 13.7. The van der Waals surface area contributed by atoms with E-state index in [1.165, 1.54) is 22.2 Å². The molecule has 24 heavy (non-hydrogen) atoms. The Labute approximate surface area is 140 Å². The number of anilines is 2. The van der Waals surface area contributed by atoms with Crippen LogP contribution in [0.4, 0.5) is 11.4 Å². The number of aryl methyl sites for hydroxylation is 2. The minimum Gasteiger partial charge on any atom is -0.362 e. The van der Waals surface area contributed by atoms with Crippen LogP contribution in [0.2, 0.25) is 0 Å². The summed E-state index contributed by atoms with van der Waals surface area (Å²) in [6, 6.07) is 10.1. The van der Waals surface area contributed by atoms with Crippen molar-refractivity contribution in [2.45, 2.75) is 12.8 Å². The maximum Gasteiger partial charge on any atom is 0.243 e. The first-order valence-corrected chi connectivity index (χ1v) is 8.24. The van der Waals surface area contributed by atoms with Gasteiger partial charge in [0, 0.05) is 42.6 Å². The molecule has 1 amide bonds. The van der Waals surface area contributed by atoms with Crippen LogP contribution in [0, 0.1) is 0 Å². The Morgan fingerprint density at radius 2 is 2.21 bits per heavy atom. The molecule has 2 aromatic heterocycles. The number of amides is 1. The fourth-order valence-electron chi connectivity index (χ4n) is 3.50. The number of rotatable bonds is 3. The quantitative estimate of drug-likeness (QED) is 0.807. The van der Waals surface area contributed by atoms with Crippen molar-refractivity contribution in [2.24, 2.45) is 7.05 Å². The van der Waals surface area contributed by atoms with Gasteiger partial charge in [0.1, 0.15) is 0 Å². The number of fused-ring (bicyclic) bond motifs is 3. The number of benzene rings is 1. The van der Waals surface area contributed by atoms with Gasteiger partial charge in [-0.2, -0.15) is 0 Å². The van der Waals surface area contributed by atoms with Gasteiger partial charge in [-0.1, -0.05) is 0 Å². The van der Waals surface area contributed by atoms with Gasteiger partial charge in [-0.3, -0.25) is 9.78 Å². The lowest BCUT2D eigenvalue weighted by Crippen LogP contribution is -2.36. The Morgan fingerprint density at radius 1 is 1.29 bits per heavy atom. The summed E-state index contributed by atoms with van der Waals surface area (Å²) in [4.78, 5) is 18.6. The van der Waals surface area contributed by atoms with Crippen LogP contribution in [0.25, 0.3) is 10.9 Å². The molecule has 4 rings (SSSR count). The molecular formula is C19H20N4O. The molecule has 1 aliphatic rings. The first kappa shape index (κ1) is 14.8. The highest BCUT2D eigenvalue weighted by Crippen LogP contribution is 2.33. The average Bonchev–Trinajstić information content (AvgIpc) is 2.98. The van der Waals surface area contributed by atoms with E-state index in [1.807, 2.05) is 12.1 Å². The Bertz CT molecular complexity index is 885. The molecule has 5 heteroatoms. The van der Waals surface area contributed by atoms with Gasteiger partial charge >= 0.3 is 0 Å². The smallest absolute Gasteiger partial charge is 0.243 e. The van der Waals surface area contributed by atoms with Gasteiger partial charge in [0.05, 0.1) is 18.4 Å². The van der Waals surface area contributed by atoms with Crippen molar-refractivity contribution < 1.29 is 4.79 Å². The molecular weight excluding hydrogens is 300 g/mol. The monoisotopic (exact) mass is 320 g/mol. The second-order valence-corrected chi connectivity index (χ2v) is 6.24. The zero-order chi connectivity index (χ0) is 16.5. The van der Waals surface area contributed by atoms with E-state index in [9.17, 15) is 4.79 Å². The molecule has 0 radical (unpaired) electrons. The van der Waals surface area contributed by atoms with Crippen molar-refractivity contribution in [3.8, 4) is 0 Å². The van der Waals surface area contributed by atoms with E-state index < -0.39 is 0 Å². The first-order chi connectivity index (χ1) is 11.7. The van der Waals surface area contributed by atoms with Crippen molar-refractivity contribution in [2.75, 3.05) is 23.3 Å². The fraction of sp³-hybridized carbons (Fsp3) is 0.263. The van der Waals surface area contributed by atoms with E-state index in [2.05, 4.69) is 51.2 Å². The van der Waals surface area contributed by atoms with Gasteiger partial charge in [0.15, 0.2) is 0 Å². The van der Waals surface area contributed by atoms with Gasteiger partial charge in [0.25, 0.3) is 0 Å². The predicted octanol–water partition coefficient (Wildman–Crippen LogP) is 2.96. The molecule has 1 aliphatic heterocycles. The Hall–Kier alpha value is -2.82. The number of aromatic nitrogens is 2. The maximum absolute atomic E-state index is 12.4. The Kier molecular flexibility index (Phi) is 3.69. The molecule has 0 fully saturated rings. The number of hydrogen-bond acceptors (Lipinski definition) is 3. The minimum absolute atomic E-state index is 0.0102. The van der Waals surface area contributed by atoms with Crippen molar-refractivity contribution in [1.82, 2.24) is 9.55 Å². The van der Waals surface area contributed by atoms with Gasteiger partial charge in [-0.05, 0) is 48.7 Å². The number of carbonyl (C=O) groups is 1. The van der Waals surface area contributed by atoms with Crippen LogP contribution in [0.3, 0.4) is 0 Å². The van der Waals surface area contributed by atoms with Crippen LogP contribution in [0.15, 0.2) is 48.9 Å². The predicted molar refractivity (Wildman–Crippen MR) is 96.3 cm³/mol. The summed E-state index contributed by atoms with van der Waals surface area (Å²) in [6.45, 7) is 1.27. The van der Waals surface area contributed by atoms with Gasteiger partial charge < -0.3 is 14.8 Å². The number of hydrogen-bond donors (Lipinski definition) is 1. The van der Waals surface area contributed by atoms with Crippen molar-refractivity contribution >= 4 is 28.2 Å². The molecule has 0 bridgehead atoms. The lowest BCUT2D eigenvalue weighted by molar-refractivity contribution is -0.115. The molecule has 0 aliphatic carbocycles. The summed E-state index contributed by atoms with van der Waals surface area (Å²) < 4.78 is 2.14. The van der Waals surface area contributed by atoms with Crippen molar-refractivity contribution in [1.29, 1.82) is 0 Å². The van der Waals surface area contributed by atoms with Crippen molar-refractivity contribution in [3.63, 3.8) is 0 Å². The number of nitrogens with one attached hydrogen (secondary N) is 1. The van der Waals surface area contributed by atoms with Gasteiger partial charge in [0.2, 0.25) is 5.91 Å². The summed E-state index contributed by atoms with van der Waals surface area (Å²) in [5, 5.41) is 4.21. The molecule has 3 aromatic rings. The lowest BCUT2D eigenvalue weighted by atomic mass is 9.98. The normalized spacial score (nSPS) is 13.8. The molecule has 0 saturated heterocycles. The van der Waals surface area contributed by atoms with E-state index in [1.54, 1.807) is 12.4 Å². The summed E-state index contributed by atoms with van der Waals surface area (Å²) in [6.07, 6.45) is 7.59. The van der Waals surface area contributed by atoms with Crippen molar-refractivity contribution in [3.05, 3.63) is 54.5 Å². The second-order valence-electron chi connectivity index (χ2n) is 6.24. The molecule has 0 unspecified atom stereocenters. The van der Waals surface area contributed by atoms with Crippen LogP contribution in [-0.2, 0) is 18.3 Å². The summed E-state index contributed by atoms with van der Waals surface area (Å²) in [7, 11) is 2.07. The summed E-state index contributed by atoms with van der Waals surface area (Å²) in [5.41, 5.74) is 4.52. The maximum atomic E-state index is 12.4. The largest absolute Gasteiger partial charge is 0.362 e. The van der Waals surface area contributed by atoms with Crippen LogP contribution in [-0.4, -0.2) is 28.5 Å². The Morgan fingerprint density at radius 3 is 3.04 bits per heavy atom. The molecule has 0 saturated carbocycles. The Balaban J connectivity index is 1.58. The van der Waals surface area contributed by atoms with Crippen LogP contribution < -0.4 is 10.2 Å². The molecule has 1 N–H and O–H groups in total. The third-order valence-corrected chi connectivity index (χ3v) is 4.63. The van der Waals surface area contributed by atoms with Gasteiger partial charge in [-0.15, -0.1) is 0 Å². The standard InChI is InChI=1S/C19H20N4O/c1-22-11-8-16-15-5-3-10-23(18(15)7-6-17(16)22)13-19(24)21-14-4-2-9-20-12-14/h2,4,6-9,11-12H,3,5,10,13H2,1H3,(H,21,24). The number of pyridine rings is 1. The molecule has 1 aromatic carbocycles. The summed E-state index contributed by atoms with van der Waals surface area (Å²) >= 11 is 0.